The van der Waals surface area contributed by atoms with Crippen LogP contribution >= 0.6 is 0 Å². The number of hydrogen-bond acceptors (Lipinski definition) is 5. The number of carbonyl (C=O) groups excluding carboxylic acids is 1. The van der Waals surface area contributed by atoms with Gasteiger partial charge in [0.25, 0.3) is 0 Å². The standard InChI is InChI=1S/C18H26N4O4S/c1-13-10-21(11-14(2)26-13)27(24,25)9-8-19-18(23)15(3)22-12-20-16-6-4-5-7-17(16)22/h4-7,12-15H,8-11H2,1-3H3,(H,19,23)/t13-,14-,15+/m1/s1. The zero-order chi connectivity index (χ0) is 19.6. The van der Waals surface area contributed by atoms with Crippen LogP contribution in [-0.4, -0.2) is 65.8 Å². The second-order valence-electron chi connectivity index (χ2n) is 7.00. The number of fused-ring (bicyclic) bond motifs is 1. The lowest BCUT2D eigenvalue weighted by Crippen LogP contribution is -2.49. The highest BCUT2D eigenvalue weighted by atomic mass is 32.2. The summed E-state index contributed by atoms with van der Waals surface area (Å²) in [5, 5.41) is 2.73. The van der Waals surface area contributed by atoms with Gasteiger partial charge >= 0.3 is 0 Å². The maximum absolute atomic E-state index is 12.5. The predicted octanol–water partition coefficient (Wildman–Crippen LogP) is 1.15. The highest BCUT2D eigenvalue weighted by Crippen LogP contribution is 2.17. The van der Waals surface area contributed by atoms with Crippen molar-refractivity contribution in [3.63, 3.8) is 0 Å². The first-order chi connectivity index (χ1) is 12.8. The fourth-order valence-corrected chi connectivity index (χ4v) is 4.84. The third-order valence-corrected chi connectivity index (χ3v) is 6.52. The van der Waals surface area contributed by atoms with Crippen LogP contribution in [0.3, 0.4) is 0 Å². The first-order valence-corrected chi connectivity index (χ1v) is 10.7. The van der Waals surface area contributed by atoms with Crippen molar-refractivity contribution in [3.8, 4) is 0 Å². The second-order valence-corrected chi connectivity index (χ2v) is 9.09. The van der Waals surface area contributed by atoms with E-state index in [0.29, 0.717) is 13.1 Å². The van der Waals surface area contributed by atoms with E-state index < -0.39 is 16.1 Å². The van der Waals surface area contributed by atoms with E-state index >= 15 is 0 Å². The van der Waals surface area contributed by atoms with E-state index in [1.807, 2.05) is 38.1 Å². The minimum Gasteiger partial charge on any atom is -0.373 e. The predicted molar refractivity (Wildman–Crippen MR) is 103 cm³/mol. The molecule has 0 spiro atoms. The topological polar surface area (TPSA) is 93.5 Å². The molecule has 3 atom stereocenters. The lowest BCUT2D eigenvalue weighted by atomic mass is 10.2. The highest BCUT2D eigenvalue weighted by molar-refractivity contribution is 7.89. The maximum atomic E-state index is 12.5. The number of aromatic nitrogens is 2. The molecular formula is C18H26N4O4S. The van der Waals surface area contributed by atoms with E-state index in [2.05, 4.69) is 10.3 Å². The van der Waals surface area contributed by atoms with Crippen molar-refractivity contribution in [2.24, 2.45) is 0 Å². The fraction of sp³-hybridized carbons (Fsp3) is 0.556. The number of nitrogens with zero attached hydrogens (tertiary/aromatic N) is 3. The monoisotopic (exact) mass is 394 g/mol. The van der Waals surface area contributed by atoms with Crippen molar-refractivity contribution in [2.45, 2.75) is 39.0 Å². The van der Waals surface area contributed by atoms with Crippen LogP contribution in [0.4, 0.5) is 0 Å². The van der Waals surface area contributed by atoms with Crippen molar-refractivity contribution in [3.05, 3.63) is 30.6 Å². The molecule has 0 aliphatic carbocycles. The van der Waals surface area contributed by atoms with E-state index in [9.17, 15) is 13.2 Å². The Hall–Kier alpha value is -1.97. The number of morpholine rings is 1. The van der Waals surface area contributed by atoms with Crippen molar-refractivity contribution in [1.82, 2.24) is 19.2 Å². The van der Waals surface area contributed by atoms with E-state index in [-0.39, 0.29) is 30.4 Å². The molecule has 1 aliphatic heterocycles. The van der Waals surface area contributed by atoms with E-state index in [1.54, 1.807) is 17.8 Å². The molecule has 1 saturated heterocycles. The summed E-state index contributed by atoms with van der Waals surface area (Å²) < 4.78 is 33.9. The third kappa shape index (κ3) is 4.48. The molecule has 1 aromatic carbocycles. The fourth-order valence-electron chi connectivity index (χ4n) is 3.35. The van der Waals surface area contributed by atoms with E-state index in [4.69, 9.17) is 4.74 Å². The highest BCUT2D eigenvalue weighted by Gasteiger charge is 2.30. The van der Waals surface area contributed by atoms with Gasteiger partial charge in [0.2, 0.25) is 15.9 Å². The minimum absolute atomic E-state index is 0.0677. The Balaban J connectivity index is 1.57. The molecule has 8 nitrogen and oxygen atoms in total. The van der Waals surface area contributed by atoms with Gasteiger partial charge in [-0.3, -0.25) is 4.79 Å². The second kappa shape index (κ2) is 7.95. The molecule has 148 valence electrons. The average Bonchev–Trinajstić information content (AvgIpc) is 3.04. The number of carbonyl (C=O) groups is 1. The molecule has 2 aromatic rings. The van der Waals surface area contributed by atoms with Gasteiger partial charge in [-0.1, -0.05) is 12.1 Å². The molecule has 0 radical (unpaired) electrons. The van der Waals surface area contributed by atoms with Crippen molar-refractivity contribution in [2.75, 3.05) is 25.4 Å². The Morgan fingerprint density at radius 1 is 1.30 bits per heavy atom. The van der Waals surface area contributed by atoms with Crippen molar-refractivity contribution >= 4 is 27.0 Å². The molecule has 3 rings (SSSR count). The van der Waals surface area contributed by atoms with Crippen LogP contribution < -0.4 is 5.32 Å². The molecule has 0 saturated carbocycles. The number of para-hydroxylation sites is 2. The number of benzene rings is 1. The normalized spacial score (nSPS) is 22.6. The summed E-state index contributed by atoms with van der Waals surface area (Å²) in [4.78, 5) is 16.7. The number of sulfonamides is 1. The van der Waals surface area contributed by atoms with Gasteiger partial charge in [-0.25, -0.2) is 13.4 Å². The Bertz CT molecular complexity index is 901. The number of nitrogens with one attached hydrogen (secondary N) is 1. The molecule has 9 heteroatoms. The largest absolute Gasteiger partial charge is 0.373 e. The molecule has 1 aromatic heterocycles. The van der Waals surface area contributed by atoms with Crippen LogP contribution in [0.15, 0.2) is 30.6 Å². The summed E-state index contributed by atoms with van der Waals surface area (Å²) in [5.74, 6) is -0.368. The van der Waals surface area contributed by atoms with Gasteiger partial charge in [0.05, 0.1) is 35.3 Å². The van der Waals surface area contributed by atoms with E-state index in [0.717, 1.165) is 11.0 Å². The zero-order valence-corrected chi connectivity index (χ0v) is 16.6. The van der Waals surface area contributed by atoms with Gasteiger partial charge < -0.3 is 14.6 Å². The molecule has 1 aliphatic rings. The van der Waals surface area contributed by atoms with Crippen LogP contribution in [0.25, 0.3) is 11.0 Å². The van der Waals surface area contributed by atoms with Crippen LogP contribution in [0, 0.1) is 0 Å². The van der Waals surface area contributed by atoms with Gasteiger partial charge in [0, 0.05) is 19.6 Å². The van der Waals surface area contributed by atoms with Gasteiger partial charge in [-0.05, 0) is 32.9 Å². The number of ether oxygens (including phenoxy) is 1. The SMILES string of the molecule is C[C@@H]1CN(S(=O)(=O)CCNC(=O)[C@H](C)n2cnc3ccccc32)C[C@@H](C)O1. The summed E-state index contributed by atoms with van der Waals surface area (Å²) in [6.07, 6.45) is 1.36. The number of imidazole rings is 1. The van der Waals surface area contributed by atoms with Gasteiger partial charge in [-0.2, -0.15) is 4.31 Å². The molecule has 1 amide bonds. The van der Waals surface area contributed by atoms with Gasteiger partial charge in [0.15, 0.2) is 0 Å². The lowest BCUT2D eigenvalue weighted by molar-refractivity contribution is -0.123. The van der Waals surface area contributed by atoms with Crippen LogP contribution in [-0.2, 0) is 19.6 Å². The van der Waals surface area contributed by atoms with Crippen LogP contribution in [0.1, 0.15) is 26.8 Å². The Kier molecular flexibility index (Phi) is 5.83. The van der Waals surface area contributed by atoms with Gasteiger partial charge in [0.1, 0.15) is 6.04 Å². The minimum atomic E-state index is -3.44. The van der Waals surface area contributed by atoms with Crippen LogP contribution in [0.5, 0.6) is 0 Å². The number of amides is 1. The molecule has 27 heavy (non-hydrogen) atoms. The van der Waals surface area contributed by atoms with Crippen molar-refractivity contribution in [1.29, 1.82) is 0 Å². The zero-order valence-electron chi connectivity index (χ0n) is 15.8. The molecular weight excluding hydrogens is 368 g/mol. The molecule has 2 heterocycles. The summed E-state index contributed by atoms with van der Waals surface area (Å²) in [5.41, 5.74) is 1.68. The Morgan fingerprint density at radius 3 is 2.67 bits per heavy atom. The first-order valence-electron chi connectivity index (χ1n) is 9.10. The Morgan fingerprint density at radius 2 is 1.96 bits per heavy atom. The molecule has 1 fully saturated rings. The Labute approximate surface area is 159 Å². The number of hydrogen-bond donors (Lipinski definition) is 1. The first kappa shape index (κ1) is 19.8. The quantitative estimate of drug-likeness (QED) is 0.793. The smallest absolute Gasteiger partial charge is 0.242 e. The molecule has 0 bridgehead atoms. The number of rotatable bonds is 6. The van der Waals surface area contributed by atoms with E-state index in [1.165, 1.54) is 4.31 Å². The average molecular weight is 394 g/mol. The summed E-state index contributed by atoms with van der Waals surface area (Å²) in [7, 11) is -3.44. The summed E-state index contributed by atoms with van der Waals surface area (Å²) in [6.45, 7) is 6.24. The lowest BCUT2D eigenvalue weighted by Gasteiger charge is -2.34. The summed E-state index contributed by atoms with van der Waals surface area (Å²) in [6, 6.07) is 7.08. The molecule has 1 N–H and O–H groups in total. The van der Waals surface area contributed by atoms with Gasteiger partial charge in [-0.15, -0.1) is 0 Å². The maximum Gasteiger partial charge on any atom is 0.242 e. The molecule has 0 unspecified atom stereocenters. The van der Waals surface area contributed by atoms with Crippen LogP contribution in [0.2, 0.25) is 0 Å². The third-order valence-electron chi connectivity index (χ3n) is 4.72. The summed E-state index contributed by atoms with van der Waals surface area (Å²) >= 11 is 0. The van der Waals surface area contributed by atoms with Crippen molar-refractivity contribution < 1.29 is 17.9 Å².